The summed E-state index contributed by atoms with van der Waals surface area (Å²) in [6, 6.07) is 21.8. The average molecular weight is 649 g/mol. The van der Waals surface area contributed by atoms with Gasteiger partial charge in [0.05, 0.1) is 25.6 Å². The Hall–Kier alpha value is -5.62. The van der Waals surface area contributed by atoms with E-state index in [0.29, 0.717) is 40.9 Å². The summed E-state index contributed by atoms with van der Waals surface area (Å²) in [4.78, 5) is 40.5. The summed E-state index contributed by atoms with van der Waals surface area (Å²) in [5.74, 6) is 3.15. The van der Waals surface area contributed by atoms with Crippen molar-refractivity contribution in [1.29, 1.82) is 0 Å². The molecule has 12 heteroatoms. The second kappa shape index (κ2) is 13.2. The van der Waals surface area contributed by atoms with Crippen LogP contribution in [0.25, 0.3) is 16.7 Å². The molecular weight excluding hydrogens is 612 g/mol. The van der Waals surface area contributed by atoms with Gasteiger partial charge in [0, 0.05) is 56.3 Å². The van der Waals surface area contributed by atoms with Gasteiger partial charge < -0.3 is 29.2 Å². The Kier molecular flexibility index (Phi) is 8.55. The number of benzene rings is 3. The molecule has 0 aliphatic carbocycles. The minimum Gasteiger partial charge on any atom is -0.493 e. The first-order valence-electron chi connectivity index (χ1n) is 15.8. The van der Waals surface area contributed by atoms with Gasteiger partial charge in [-0.05, 0) is 72.6 Å². The number of nitrogens with one attached hydrogen (secondary N) is 1. The number of aromatic nitrogens is 3. The highest BCUT2D eigenvalue weighted by molar-refractivity contribution is 5.94. The van der Waals surface area contributed by atoms with Crippen molar-refractivity contribution in [1.82, 2.24) is 24.8 Å². The van der Waals surface area contributed by atoms with E-state index in [2.05, 4.69) is 21.2 Å². The molecule has 0 bridgehead atoms. The Morgan fingerprint density at radius 3 is 2.35 bits per heavy atom. The Morgan fingerprint density at radius 2 is 1.58 bits per heavy atom. The first-order valence-corrected chi connectivity index (χ1v) is 15.8. The van der Waals surface area contributed by atoms with Crippen LogP contribution in [-0.4, -0.2) is 72.5 Å². The minimum absolute atomic E-state index is 0.217. The van der Waals surface area contributed by atoms with Gasteiger partial charge >= 0.3 is 0 Å². The zero-order valence-electron chi connectivity index (χ0n) is 27.1. The highest BCUT2D eigenvalue weighted by Crippen LogP contribution is 2.33. The van der Waals surface area contributed by atoms with Crippen LogP contribution in [0.15, 0.2) is 77.6 Å². The van der Waals surface area contributed by atoms with Crippen molar-refractivity contribution in [2.75, 3.05) is 52.1 Å². The number of aryl methyl sites for hydroxylation is 1. The van der Waals surface area contributed by atoms with Crippen LogP contribution in [0, 0.1) is 6.92 Å². The van der Waals surface area contributed by atoms with E-state index in [-0.39, 0.29) is 18.3 Å². The maximum Gasteiger partial charge on any atom is 0.256 e. The van der Waals surface area contributed by atoms with E-state index >= 15 is 0 Å². The lowest BCUT2D eigenvalue weighted by Gasteiger charge is -2.35. The lowest BCUT2D eigenvalue weighted by Crippen LogP contribution is -2.46. The van der Waals surface area contributed by atoms with E-state index in [9.17, 15) is 9.59 Å². The zero-order valence-corrected chi connectivity index (χ0v) is 27.1. The van der Waals surface area contributed by atoms with Gasteiger partial charge in [-0.15, -0.1) is 0 Å². The number of hydrogen-bond donors (Lipinski definition) is 1. The number of nitrogens with zero attached hydrogens (tertiary/aromatic N) is 5. The van der Waals surface area contributed by atoms with Crippen LogP contribution in [0.1, 0.15) is 27.2 Å². The number of piperazine rings is 1. The monoisotopic (exact) mass is 648 g/mol. The van der Waals surface area contributed by atoms with Gasteiger partial charge in [-0.25, -0.2) is 4.98 Å². The van der Waals surface area contributed by atoms with Crippen LogP contribution < -0.4 is 34.7 Å². The first-order chi connectivity index (χ1) is 23.4. The van der Waals surface area contributed by atoms with Gasteiger partial charge in [-0.2, -0.15) is 4.98 Å². The molecule has 0 spiro atoms. The SMILES string of the molecule is COc1ccc(CNC(=O)c2ccc(-n3c(=O)ccc4c(C)nc(N5CCN(Cc6ccc7c(c6)OCO7)CC5)nc43)cc2)cc1OC. The van der Waals surface area contributed by atoms with E-state index in [1.807, 2.05) is 31.2 Å². The lowest BCUT2D eigenvalue weighted by molar-refractivity contribution is 0.0951. The summed E-state index contributed by atoms with van der Waals surface area (Å²) in [5, 5.41) is 3.73. The third-order valence-corrected chi connectivity index (χ3v) is 8.72. The Balaban J connectivity index is 1.06. The molecule has 0 unspecified atom stereocenters. The maximum absolute atomic E-state index is 13.3. The molecule has 1 amide bonds. The Labute approximate surface area is 277 Å². The summed E-state index contributed by atoms with van der Waals surface area (Å²) in [6.45, 7) is 6.50. The van der Waals surface area contributed by atoms with E-state index in [0.717, 1.165) is 60.9 Å². The second-order valence-electron chi connectivity index (χ2n) is 11.7. The van der Waals surface area contributed by atoms with E-state index in [1.54, 1.807) is 55.2 Å². The highest BCUT2D eigenvalue weighted by atomic mass is 16.7. The molecule has 48 heavy (non-hydrogen) atoms. The van der Waals surface area contributed by atoms with Gasteiger partial charge in [-0.1, -0.05) is 12.1 Å². The fourth-order valence-electron chi connectivity index (χ4n) is 6.08. The topological polar surface area (TPSA) is 120 Å². The smallest absolute Gasteiger partial charge is 0.256 e. The standard InChI is InChI=1S/C36H36N6O6/c1-23-28-10-13-33(43)42(27-8-6-26(7-9-27)35(44)37-20-24-4-11-29(45-2)31(18-24)46-3)34(28)39-36(38-23)41-16-14-40(15-17-41)21-25-5-12-30-32(19-25)48-22-47-30/h4-13,18-19H,14-17,20-22H2,1-3H3,(H,37,44). The summed E-state index contributed by atoms with van der Waals surface area (Å²) < 4.78 is 23.2. The maximum atomic E-state index is 13.3. The number of amides is 1. The van der Waals surface area contributed by atoms with E-state index in [4.69, 9.17) is 28.9 Å². The highest BCUT2D eigenvalue weighted by Gasteiger charge is 2.22. The van der Waals surface area contributed by atoms with Crippen LogP contribution in [0.5, 0.6) is 23.0 Å². The van der Waals surface area contributed by atoms with Crippen molar-refractivity contribution in [2.24, 2.45) is 0 Å². The zero-order chi connectivity index (χ0) is 33.2. The third kappa shape index (κ3) is 6.21. The summed E-state index contributed by atoms with van der Waals surface area (Å²) in [5.41, 5.74) is 4.23. The molecular formula is C36H36N6O6. The molecule has 246 valence electrons. The number of methoxy groups -OCH3 is 2. The van der Waals surface area contributed by atoms with Crippen LogP contribution in [0.3, 0.4) is 0 Å². The molecule has 2 aliphatic heterocycles. The molecule has 0 atom stereocenters. The first kappa shape index (κ1) is 31.0. The fourth-order valence-corrected chi connectivity index (χ4v) is 6.08. The van der Waals surface area contributed by atoms with Crippen LogP contribution in [0.2, 0.25) is 0 Å². The molecule has 2 aromatic heterocycles. The van der Waals surface area contributed by atoms with Gasteiger partial charge in [0.25, 0.3) is 11.5 Å². The molecule has 2 aliphatic rings. The summed E-state index contributed by atoms with van der Waals surface area (Å²) in [7, 11) is 3.15. The Bertz CT molecular complexity index is 2040. The number of pyridine rings is 1. The van der Waals surface area contributed by atoms with Crippen molar-refractivity contribution in [3.8, 4) is 28.7 Å². The van der Waals surface area contributed by atoms with Gasteiger partial charge in [0.1, 0.15) is 0 Å². The number of carbonyl (C=O) groups is 1. The molecule has 4 heterocycles. The number of ether oxygens (including phenoxy) is 4. The normalized spacial score (nSPS) is 14.3. The minimum atomic E-state index is -0.236. The molecule has 3 aromatic carbocycles. The molecule has 1 saturated heterocycles. The molecule has 12 nitrogen and oxygen atoms in total. The molecule has 0 radical (unpaired) electrons. The van der Waals surface area contributed by atoms with Gasteiger partial charge in [-0.3, -0.25) is 19.1 Å². The molecule has 1 fully saturated rings. The largest absolute Gasteiger partial charge is 0.493 e. The number of anilines is 1. The fraction of sp³-hybridized carbons (Fsp3) is 0.278. The number of fused-ring (bicyclic) bond motifs is 2. The number of carbonyl (C=O) groups excluding carboxylic acids is 1. The number of hydrogen-bond acceptors (Lipinski definition) is 10. The summed E-state index contributed by atoms with van der Waals surface area (Å²) >= 11 is 0. The van der Waals surface area contributed by atoms with Crippen molar-refractivity contribution in [3.63, 3.8) is 0 Å². The summed E-state index contributed by atoms with van der Waals surface area (Å²) in [6.07, 6.45) is 0. The van der Waals surface area contributed by atoms with Crippen LogP contribution in [-0.2, 0) is 13.1 Å². The quantitative estimate of drug-likeness (QED) is 0.250. The van der Waals surface area contributed by atoms with Gasteiger partial charge in [0.15, 0.2) is 28.6 Å². The predicted octanol–water partition coefficient (Wildman–Crippen LogP) is 4.09. The van der Waals surface area contributed by atoms with Crippen LogP contribution in [0.4, 0.5) is 5.95 Å². The second-order valence-corrected chi connectivity index (χ2v) is 11.7. The van der Waals surface area contributed by atoms with Crippen molar-refractivity contribution in [3.05, 3.63) is 106 Å². The van der Waals surface area contributed by atoms with Crippen molar-refractivity contribution in [2.45, 2.75) is 20.0 Å². The van der Waals surface area contributed by atoms with Crippen LogP contribution >= 0.6 is 0 Å². The lowest BCUT2D eigenvalue weighted by atomic mass is 10.1. The van der Waals surface area contributed by atoms with E-state index < -0.39 is 0 Å². The molecule has 7 rings (SSSR count). The average Bonchev–Trinajstić information content (AvgIpc) is 3.59. The Morgan fingerprint density at radius 1 is 0.833 bits per heavy atom. The van der Waals surface area contributed by atoms with E-state index in [1.165, 1.54) is 11.6 Å². The van der Waals surface area contributed by atoms with Crippen molar-refractivity contribution < 1.29 is 23.7 Å². The third-order valence-electron chi connectivity index (χ3n) is 8.72. The van der Waals surface area contributed by atoms with Crippen molar-refractivity contribution >= 4 is 22.9 Å². The molecule has 0 saturated carbocycles. The number of rotatable bonds is 9. The van der Waals surface area contributed by atoms with Gasteiger partial charge in [0.2, 0.25) is 12.7 Å². The molecule has 5 aromatic rings. The predicted molar refractivity (Wildman–Crippen MR) is 181 cm³/mol. The molecule has 1 N–H and O–H groups in total.